The largest absolute Gasteiger partial charge is 0.454 e. The molecule has 9 aromatic rings. The van der Waals surface area contributed by atoms with Crippen molar-refractivity contribution in [3.8, 4) is 22.3 Å². The molecule has 0 aliphatic heterocycles. The summed E-state index contributed by atoms with van der Waals surface area (Å²) in [5.74, 6) is 0. The lowest BCUT2D eigenvalue weighted by Crippen LogP contribution is -2.40. The highest BCUT2D eigenvalue weighted by molar-refractivity contribution is 6.10. The van der Waals surface area contributed by atoms with Crippen LogP contribution in [0.15, 0.2) is 192 Å². The SMILES string of the molecule is CC1(C)c2ccccc2C2(c3ccccc3-c3cc(-c4ccc(N(c5ccccc5)c5cccc6c5oc5ccccc56)cc4)ccc32)c2ccccc21. The van der Waals surface area contributed by atoms with Gasteiger partial charge in [-0.25, -0.2) is 0 Å². The second-order valence-electron chi connectivity index (χ2n) is 15.2. The molecule has 0 saturated heterocycles. The predicted molar refractivity (Wildman–Crippen MR) is 223 cm³/mol. The highest BCUT2D eigenvalue weighted by Crippen LogP contribution is 2.62. The fourth-order valence-corrected chi connectivity index (χ4v) is 9.76. The smallest absolute Gasteiger partial charge is 0.159 e. The topological polar surface area (TPSA) is 16.4 Å². The van der Waals surface area contributed by atoms with Crippen LogP contribution in [0.2, 0.25) is 0 Å². The molecule has 0 unspecified atom stereocenters. The Morgan fingerprint density at radius 1 is 0.407 bits per heavy atom. The normalized spacial score (nSPS) is 14.4. The van der Waals surface area contributed by atoms with Crippen LogP contribution in [0.3, 0.4) is 0 Å². The van der Waals surface area contributed by atoms with Crippen molar-refractivity contribution in [3.05, 3.63) is 221 Å². The number of rotatable bonds is 4. The van der Waals surface area contributed by atoms with Crippen molar-refractivity contribution < 1.29 is 4.42 Å². The van der Waals surface area contributed by atoms with E-state index >= 15 is 0 Å². The summed E-state index contributed by atoms with van der Waals surface area (Å²) in [6, 6.07) is 68.8. The van der Waals surface area contributed by atoms with Gasteiger partial charge in [0.05, 0.1) is 11.1 Å². The summed E-state index contributed by atoms with van der Waals surface area (Å²) in [5, 5.41) is 2.24. The molecule has 2 aliphatic carbocycles. The monoisotopic (exact) mass is 691 g/mol. The van der Waals surface area contributed by atoms with Crippen LogP contribution in [0.5, 0.6) is 0 Å². The Morgan fingerprint density at radius 2 is 0.963 bits per heavy atom. The molecular formula is C52H37NO. The quantitative estimate of drug-likeness (QED) is 0.183. The van der Waals surface area contributed by atoms with Crippen LogP contribution >= 0.6 is 0 Å². The van der Waals surface area contributed by atoms with Crippen LogP contribution in [-0.2, 0) is 10.8 Å². The van der Waals surface area contributed by atoms with Crippen molar-refractivity contribution in [2.45, 2.75) is 24.7 Å². The fourth-order valence-electron chi connectivity index (χ4n) is 9.76. The van der Waals surface area contributed by atoms with E-state index in [1.807, 2.05) is 12.1 Å². The summed E-state index contributed by atoms with van der Waals surface area (Å²) in [6.07, 6.45) is 0. The maximum absolute atomic E-state index is 6.53. The van der Waals surface area contributed by atoms with Gasteiger partial charge in [-0.05, 0) is 98.1 Å². The Balaban J connectivity index is 1.06. The van der Waals surface area contributed by atoms with Gasteiger partial charge in [-0.15, -0.1) is 0 Å². The average Bonchev–Trinajstić information content (AvgIpc) is 3.75. The van der Waals surface area contributed by atoms with Gasteiger partial charge in [-0.1, -0.05) is 159 Å². The zero-order valence-electron chi connectivity index (χ0n) is 30.3. The van der Waals surface area contributed by atoms with Crippen LogP contribution in [-0.4, -0.2) is 0 Å². The lowest BCUT2D eigenvalue weighted by molar-refractivity contribution is 0.563. The van der Waals surface area contributed by atoms with Gasteiger partial charge in [0.25, 0.3) is 0 Å². The summed E-state index contributed by atoms with van der Waals surface area (Å²) < 4.78 is 6.53. The van der Waals surface area contributed by atoms with E-state index in [2.05, 4.69) is 195 Å². The molecule has 0 fully saturated rings. The van der Waals surface area contributed by atoms with Crippen molar-refractivity contribution in [2.75, 3.05) is 4.90 Å². The number of fused-ring (bicyclic) bond motifs is 12. The van der Waals surface area contributed by atoms with Gasteiger partial charge in [-0.2, -0.15) is 0 Å². The van der Waals surface area contributed by atoms with E-state index in [-0.39, 0.29) is 10.8 Å². The van der Waals surface area contributed by atoms with Crippen molar-refractivity contribution in [3.63, 3.8) is 0 Å². The first kappa shape index (κ1) is 30.9. The van der Waals surface area contributed by atoms with Crippen LogP contribution in [0.25, 0.3) is 44.2 Å². The molecule has 0 atom stereocenters. The molecule has 2 aliphatic rings. The fraction of sp³-hybridized carbons (Fsp3) is 0.0769. The number of furan rings is 1. The van der Waals surface area contributed by atoms with Gasteiger partial charge < -0.3 is 9.32 Å². The molecule has 0 N–H and O–H groups in total. The zero-order valence-corrected chi connectivity index (χ0v) is 30.3. The molecule has 1 aromatic heterocycles. The second kappa shape index (κ2) is 11.4. The van der Waals surface area contributed by atoms with E-state index in [0.717, 1.165) is 39.0 Å². The van der Waals surface area contributed by atoms with E-state index in [0.29, 0.717) is 0 Å². The molecule has 0 saturated carbocycles. The minimum Gasteiger partial charge on any atom is -0.454 e. The van der Waals surface area contributed by atoms with Gasteiger partial charge >= 0.3 is 0 Å². The Kier molecular flexibility index (Phi) is 6.55. The number of hydrogen-bond donors (Lipinski definition) is 0. The van der Waals surface area contributed by atoms with Crippen molar-refractivity contribution in [1.82, 2.24) is 0 Å². The Morgan fingerprint density at radius 3 is 1.70 bits per heavy atom. The van der Waals surface area contributed by atoms with Gasteiger partial charge in [0.2, 0.25) is 0 Å². The van der Waals surface area contributed by atoms with Gasteiger partial charge in [0, 0.05) is 27.6 Å². The summed E-state index contributed by atoms with van der Waals surface area (Å²) in [7, 11) is 0. The summed E-state index contributed by atoms with van der Waals surface area (Å²) in [4.78, 5) is 2.30. The van der Waals surface area contributed by atoms with Gasteiger partial charge in [-0.3, -0.25) is 0 Å². The molecule has 0 amide bonds. The number of hydrogen-bond acceptors (Lipinski definition) is 2. The molecule has 54 heavy (non-hydrogen) atoms. The van der Waals surface area contributed by atoms with Crippen molar-refractivity contribution in [2.24, 2.45) is 0 Å². The molecule has 11 rings (SSSR count). The minimum atomic E-state index is -0.384. The van der Waals surface area contributed by atoms with Crippen LogP contribution < -0.4 is 4.90 Å². The number of nitrogens with zero attached hydrogens (tertiary/aromatic N) is 1. The van der Waals surface area contributed by atoms with Crippen LogP contribution in [0, 0.1) is 0 Å². The third-order valence-corrected chi connectivity index (χ3v) is 12.2. The maximum Gasteiger partial charge on any atom is 0.159 e. The molecule has 0 radical (unpaired) electrons. The van der Waals surface area contributed by atoms with E-state index in [9.17, 15) is 0 Å². The number of benzene rings is 8. The molecule has 2 nitrogen and oxygen atoms in total. The van der Waals surface area contributed by atoms with Gasteiger partial charge in [0.1, 0.15) is 5.58 Å². The highest BCUT2D eigenvalue weighted by atomic mass is 16.3. The van der Waals surface area contributed by atoms with E-state index < -0.39 is 0 Å². The third-order valence-electron chi connectivity index (χ3n) is 12.2. The zero-order chi connectivity index (χ0) is 36.0. The third kappa shape index (κ3) is 4.17. The predicted octanol–water partition coefficient (Wildman–Crippen LogP) is 13.7. The standard InChI is InChI=1S/C52H37NO/c1-51(2)44-21-9-11-23-46(44)52(47-24-12-10-22-45(47)51)42-20-8-6-17-38(42)41-33-35(29-32-43(41)52)34-27-30-37(31-28-34)53(36-15-4-3-5-16-36)48-25-14-19-40-39-18-7-13-26-49(39)54-50(40)48/h3-33H,1-2H3. The minimum absolute atomic E-state index is 0.110. The summed E-state index contributed by atoms with van der Waals surface area (Å²) in [5.41, 5.74) is 17.7. The van der Waals surface area contributed by atoms with Crippen LogP contribution in [0.1, 0.15) is 47.2 Å². The molecule has 2 heteroatoms. The van der Waals surface area contributed by atoms with Crippen molar-refractivity contribution >= 4 is 39.0 Å². The Bertz CT molecular complexity index is 2860. The van der Waals surface area contributed by atoms with Crippen LogP contribution in [0.4, 0.5) is 17.1 Å². The first-order chi connectivity index (χ1) is 26.5. The second-order valence-corrected chi connectivity index (χ2v) is 15.2. The van der Waals surface area contributed by atoms with Crippen molar-refractivity contribution in [1.29, 1.82) is 0 Å². The number of para-hydroxylation sites is 3. The Labute approximate surface area is 315 Å². The van der Waals surface area contributed by atoms with E-state index in [1.165, 1.54) is 55.6 Å². The first-order valence-corrected chi connectivity index (χ1v) is 18.9. The number of anilines is 3. The first-order valence-electron chi connectivity index (χ1n) is 18.9. The molecule has 0 bridgehead atoms. The molecule has 256 valence electrons. The lowest BCUT2D eigenvalue weighted by atomic mass is 9.55. The van der Waals surface area contributed by atoms with E-state index in [4.69, 9.17) is 4.42 Å². The average molecular weight is 692 g/mol. The molecule has 1 spiro atoms. The Hall–Kier alpha value is -6.64. The van der Waals surface area contributed by atoms with Gasteiger partial charge in [0.15, 0.2) is 5.58 Å². The maximum atomic E-state index is 6.53. The molecular weight excluding hydrogens is 655 g/mol. The molecule has 8 aromatic carbocycles. The lowest BCUT2D eigenvalue weighted by Gasteiger charge is -2.46. The summed E-state index contributed by atoms with van der Waals surface area (Å²) in [6.45, 7) is 4.75. The van der Waals surface area contributed by atoms with E-state index in [1.54, 1.807) is 0 Å². The highest BCUT2D eigenvalue weighted by Gasteiger charge is 2.53. The summed E-state index contributed by atoms with van der Waals surface area (Å²) >= 11 is 0. The molecule has 1 heterocycles.